The number of halogens is 8. The summed E-state index contributed by atoms with van der Waals surface area (Å²) >= 11 is 3.10. The molecule has 1 amide bonds. The predicted molar refractivity (Wildman–Crippen MR) is 195 cm³/mol. The van der Waals surface area contributed by atoms with Crippen molar-refractivity contribution >= 4 is 35.2 Å². The molecule has 4 atom stereocenters. The van der Waals surface area contributed by atoms with Gasteiger partial charge in [0.1, 0.15) is 5.82 Å². The number of ether oxygens (including phenoxy) is 1. The molecule has 2 heterocycles. The number of anilines is 1. The molecule has 55 heavy (non-hydrogen) atoms. The highest BCUT2D eigenvalue weighted by Gasteiger charge is 2.67. The van der Waals surface area contributed by atoms with Gasteiger partial charge in [-0.3, -0.25) is 9.36 Å². The van der Waals surface area contributed by atoms with E-state index in [1.807, 2.05) is 13.8 Å². The number of alkyl halides is 8. The van der Waals surface area contributed by atoms with Crippen LogP contribution in [0, 0.1) is 10.8 Å². The maximum Gasteiger partial charge on any atom is 0.416 e. The highest BCUT2D eigenvalue weighted by atomic mass is 32.2. The summed E-state index contributed by atoms with van der Waals surface area (Å²) in [5.74, 6) is -2.86. The molecule has 0 saturated carbocycles. The van der Waals surface area contributed by atoms with Crippen molar-refractivity contribution in [2.75, 3.05) is 24.3 Å². The molecule has 0 unspecified atom stereocenters. The number of rotatable bonds is 17. The fourth-order valence-electron chi connectivity index (χ4n) is 6.01. The molecule has 8 nitrogen and oxygen atoms in total. The Morgan fingerprint density at radius 1 is 0.927 bits per heavy atom. The van der Waals surface area contributed by atoms with Gasteiger partial charge in [-0.1, -0.05) is 38.1 Å². The first-order valence-corrected chi connectivity index (χ1v) is 19.5. The SMILES string of the molecule is CC(C)(CC[C@H](CCSCc1ccc(C(F)(F)F)cc1)SCc1ccc(C(F)(F)F)cc1)CC(=O)Nc1ccn([C@@H]2O[C@H](CO)[C@](C)(CO)C2(F)F)c(=O)n1. The Labute approximate surface area is 321 Å². The molecule has 3 N–H and O–H groups in total. The van der Waals surface area contributed by atoms with Gasteiger partial charge in [0, 0.05) is 29.4 Å². The van der Waals surface area contributed by atoms with Crippen molar-refractivity contribution in [1.82, 2.24) is 9.55 Å². The third-order valence-corrected chi connectivity index (χ3v) is 12.1. The maximum absolute atomic E-state index is 15.3. The zero-order chi connectivity index (χ0) is 40.8. The number of nitrogens with zero attached hydrogens (tertiary/aromatic N) is 2. The van der Waals surface area contributed by atoms with Gasteiger partial charge in [0.05, 0.1) is 35.9 Å². The van der Waals surface area contributed by atoms with E-state index >= 15 is 8.78 Å². The van der Waals surface area contributed by atoms with Crippen molar-refractivity contribution < 1.29 is 54.9 Å². The van der Waals surface area contributed by atoms with Gasteiger partial charge in [0.2, 0.25) is 12.1 Å². The first-order valence-electron chi connectivity index (χ1n) is 17.3. The lowest BCUT2D eigenvalue weighted by Gasteiger charge is -2.32. The van der Waals surface area contributed by atoms with Gasteiger partial charge in [-0.25, -0.2) is 13.6 Å². The van der Waals surface area contributed by atoms with Gasteiger partial charge in [0.25, 0.3) is 0 Å². The molecule has 0 spiro atoms. The average molecular weight is 826 g/mol. The second-order valence-electron chi connectivity index (χ2n) is 14.5. The van der Waals surface area contributed by atoms with Crippen LogP contribution < -0.4 is 11.0 Å². The van der Waals surface area contributed by atoms with Crippen LogP contribution in [-0.2, 0) is 33.4 Å². The van der Waals surface area contributed by atoms with E-state index in [2.05, 4.69) is 10.3 Å². The first kappa shape index (κ1) is 44.5. The zero-order valence-electron chi connectivity index (χ0n) is 30.2. The standard InChI is InChI=1S/C37H43F8N3O5S2/c1-33(2,18-30(51)46-29-13-16-48(32(52)47-29)31-35(38,39)34(3,22-50)28(19-49)53-31)15-12-27(55-21-24-6-10-26(11-7-24)37(43,44)45)14-17-54-20-23-4-8-25(9-5-23)36(40,41)42/h4-11,13,16,27-28,31,49-50H,12,14-15,17-22H2,1-3H3,(H,46,47,51,52)/t27-,28-,31-,34+/m1/s1. The Morgan fingerprint density at radius 3 is 1.98 bits per heavy atom. The van der Waals surface area contributed by atoms with Gasteiger partial charge in [-0.2, -0.15) is 54.9 Å². The lowest BCUT2D eigenvalue weighted by atomic mass is 9.80. The summed E-state index contributed by atoms with van der Waals surface area (Å²) in [6.45, 7) is 2.93. The average Bonchev–Trinajstić information content (AvgIpc) is 3.31. The normalized spacial score (nSPS) is 20.7. The zero-order valence-corrected chi connectivity index (χ0v) is 31.9. The molecule has 1 aliphatic rings. The van der Waals surface area contributed by atoms with Crippen LogP contribution in [0.4, 0.5) is 40.9 Å². The molecule has 1 aromatic heterocycles. The molecule has 0 radical (unpaired) electrons. The minimum Gasteiger partial charge on any atom is -0.395 e. The van der Waals surface area contributed by atoms with Crippen molar-refractivity contribution in [3.05, 3.63) is 93.5 Å². The van der Waals surface area contributed by atoms with Gasteiger partial charge in [-0.05, 0) is 78.8 Å². The fraction of sp³-hybridized carbons (Fsp3) is 0.541. The molecule has 4 rings (SSSR count). The summed E-state index contributed by atoms with van der Waals surface area (Å²) in [5, 5.41) is 21.7. The summed E-state index contributed by atoms with van der Waals surface area (Å²) in [7, 11) is 0. The monoisotopic (exact) mass is 825 g/mol. The van der Waals surface area contributed by atoms with Crippen molar-refractivity contribution in [1.29, 1.82) is 0 Å². The van der Waals surface area contributed by atoms with Crippen molar-refractivity contribution in [3.63, 3.8) is 0 Å². The maximum atomic E-state index is 15.3. The number of amides is 1. The molecule has 0 aliphatic carbocycles. The Hall–Kier alpha value is -3.19. The number of aromatic nitrogens is 2. The Bertz CT molecular complexity index is 1790. The quantitative estimate of drug-likeness (QED) is 0.0918. The number of aliphatic hydroxyl groups excluding tert-OH is 2. The number of hydrogen-bond acceptors (Lipinski definition) is 8. The number of carbonyl (C=O) groups is 1. The largest absolute Gasteiger partial charge is 0.416 e. The van der Waals surface area contributed by atoms with Crippen LogP contribution in [-0.4, -0.2) is 61.9 Å². The summed E-state index contributed by atoms with van der Waals surface area (Å²) in [4.78, 5) is 29.6. The number of thioether (sulfide) groups is 2. The Morgan fingerprint density at radius 2 is 1.49 bits per heavy atom. The van der Waals surface area contributed by atoms with Crippen LogP contribution in [0.25, 0.3) is 0 Å². The van der Waals surface area contributed by atoms with E-state index in [9.17, 15) is 46.1 Å². The number of hydrogen-bond donors (Lipinski definition) is 3. The van der Waals surface area contributed by atoms with Crippen LogP contribution in [0.5, 0.6) is 0 Å². The topological polar surface area (TPSA) is 114 Å². The number of benzene rings is 2. The molecule has 0 bridgehead atoms. The second kappa shape index (κ2) is 17.9. The first-order chi connectivity index (χ1) is 25.6. The van der Waals surface area contributed by atoms with E-state index < -0.39 is 77.4 Å². The molecule has 2 aromatic carbocycles. The summed E-state index contributed by atoms with van der Waals surface area (Å²) in [6.07, 6.45) is -9.66. The summed E-state index contributed by atoms with van der Waals surface area (Å²) in [6, 6.07) is 11.0. The van der Waals surface area contributed by atoms with Crippen LogP contribution in [0.1, 0.15) is 74.9 Å². The van der Waals surface area contributed by atoms with Gasteiger partial charge >= 0.3 is 24.0 Å². The highest BCUT2D eigenvalue weighted by molar-refractivity contribution is 7.99. The summed E-state index contributed by atoms with van der Waals surface area (Å²) in [5.41, 5.74) is -3.94. The Kier molecular flexibility index (Phi) is 14.5. The van der Waals surface area contributed by atoms with Crippen molar-refractivity contribution in [2.45, 2.75) is 93.8 Å². The van der Waals surface area contributed by atoms with E-state index in [0.29, 0.717) is 46.7 Å². The number of nitrogens with one attached hydrogen (secondary N) is 1. The Balaban J connectivity index is 1.35. The van der Waals surface area contributed by atoms with Crippen molar-refractivity contribution in [3.8, 4) is 0 Å². The third kappa shape index (κ3) is 11.5. The van der Waals surface area contributed by atoms with Gasteiger partial charge < -0.3 is 20.3 Å². The minimum absolute atomic E-state index is 0.00638. The van der Waals surface area contributed by atoms with Crippen molar-refractivity contribution in [2.24, 2.45) is 10.8 Å². The number of aliphatic hydroxyl groups is 2. The smallest absolute Gasteiger partial charge is 0.395 e. The third-order valence-electron chi connectivity index (χ3n) is 9.60. The van der Waals surface area contributed by atoms with E-state index in [-0.39, 0.29) is 17.5 Å². The van der Waals surface area contributed by atoms with Gasteiger partial charge in [-0.15, -0.1) is 0 Å². The van der Waals surface area contributed by atoms with Crippen LogP contribution in [0.15, 0.2) is 65.6 Å². The summed E-state index contributed by atoms with van der Waals surface area (Å²) < 4.78 is 114. The fourth-order valence-corrected chi connectivity index (χ4v) is 8.37. The molecular weight excluding hydrogens is 783 g/mol. The molecular formula is C37H43F8N3O5S2. The second-order valence-corrected chi connectivity index (χ2v) is 16.8. The molecule has 3 aromatic rings. The molecule has 18 heteroatoms. The van der Waals surface area contributed by atoms with Gasteiger partial charge in [0.15, 0.2) is 0 Å². The molecule has 1 aliphatic heterocycles. The molecule has 1 saturated heterocycles. The molecule has 1 fully saturated rings. The highest BCUT2D eigenvalue weighted by Crippen LogP contribution is 2.54. The van der Waals surface area contributed by atoms with E-state index in [1.54, 1.807) is 23.5 Å². The van der Waals surface area contributed by atoms with Crippen LogP contribution in [0.3, 0.4) is 0 Å². The molecule has 304 valence electrons. The lowest BCUT2D eigenvalue weighted by molar-refractivity contribution is -0.154. The predicted octanol–water partition coefficient (Wildman–Crippen LogP) is 8.57. The van der Waals surface area contributed by atoms with Crippen LogP contribution >= 0.6 is 23.5 Å². The minimum atomic E-state index is -4.46. The van der Waals surface area contributed by atoms with Crippen LogP contribution in [0.2, 0.25) is 0 Å². The van der Waals surface area contributed by atoms with E-state index in [4.69, 9.17) is 4.74 Å². The van der Waals surface area contributed by atoms with E-state index in [0.717, 1.165) is 49.0 Å². The number of carbonyl (C=O) groups excluding carboxylic acids is 1. The lowest BCUT2D eigenvalue weighted by Crippen LogP contribution is -2.48. The van der Waals surface area contributed by atoms with E-state index in [1.165, 1.54) is 24.3 Å².